The molecule has 3 rings (SSSR count). The largest absolute Gasteiger partial charge is 0.504 e. The fourth-order valence-electron chi connectivity index (χ4n) is 3.01. The zero-order valence-corrected chi connectivity index (χ0v) is 14.8. The zero-order valence-electron chi connectivity index (χ0n) is 14.8. The number of Topliss-reactive ketones (excluding diaryl/α,β-unsaturated/α-hetero) is 1. The van der Waals surface area contributed by atoms with E-state index in [2.05, 4.69) is 26.5 Å². The molecule has 0 fully saturated rings. The summed E-state index contributed by atoms with van der Waals surface area (Å²) in [4.78, 5) is 12.8. The number of rotatable bonds is 2. The zero-order chi connectivity index (χ0) is 18.0. The number of allylic oxidation sites excluding steroid dienone is 2. The lowest BCUT2D eigenvalue weighted by molar-refractivity contribution is -0.114. The van der Waals surface area contributed by atoms with Crippen LogP contribution in [0.5, 0.6) is 0 Å². The van der Waals surface area contributed by atoms with Crippen LogP contribution in [0.4, 0.5) is 0 Å². The molecule has 1 atom stereocenters. The monoisotopic (exact) mass is 330 g/mol. The molecule has 0 saturated carbocycles. The third-order valence-corrected chi connectivity index (χ3v) is 4.17. The van der Waals surface area contributed by atoms with Crippen molar-refractivity contribution in [1.82, 2.24) is 0 Å². The highest BCUT2D eigenvalue weighted by molar-refractivity contribution is 6.19. The summed E-state index contributed by atoms with van der Waals surface area (Å²) in [5, 5.41) is 10.6. The minimum Gasteiger partial charge on any atom is -0.504 e. The Morgan fingerprint density at radius 1 is 0.960 bits per heavy atom. The Bertz CT molecular complexity index is 875. The Morgan fingerprint density at radius 3 is 2.08 bits per heavy atom. The van der Waals surface area contributed by atoms with Crippen molar-refractivity contribution in [1.29, 1.82) is 0 Å². The summed E-state index contributed by atoms with van der Waals surface area (Å²) in [6.07, 6.45) is 1.90. The highest BCUT2D eigenvalue weighted by Crippen LogP contribution is 2.45. The van der Waals surface area contributed by atoms with Gasteiger partial charge in [0.1, 0.15) is 0 Å². The van der Waals surface area contributed by atoms with E-state index >= 15 is 0 Å². The van der Waals surface area contributed by atoms with Crippen LogP contribution in [0.15, 0.2) is 83.8 Å². The normalized spacial score (nSPS) is 17.6. The summed E-state index contributed by atoms with van der Waals surface area (Å²) in [5.74, 6) is -0.826. The minimum absolute atomic E-state index is 0.0976. The summed E-state index contributed by atoms with van der Waals surface area (Å²) < 4.78 is 0. The van der Waals surface area contributed by atoms with Crippen LogP contribution >= 0.6 is 0 Å². The first-order valence-corrected chi connectivity index (χ1v) is 8.44. The summed E-state index contributed by atoms with van der Waals surface area (Å²) in [5.41, 5.74) is 6.08. The second-order valence-corrected chi connectivity index (χ2v) is 7.37. The first kappa shape index (κ1) is 17.0. The van der Waals surface area contributed by atoms with E-state index in [-0.39, 0.29) is 22.9 Å². The molecule has 0 saturated heterocycles. The predicted octanol–water partition coefficient (Wildman–Crippen LogP) is 5.45. The van der Waals surface area contributed by atoms with Crippen molar-refractivity contribution in [2.24, 2.45) is 5.41 Å². The second-order valence-electron chi connectivity index (χ2n) is 7.37. The molecule has 0 spiro atoms. The van der Waals surface area contributed by atoms with Crippen LogP contribution in [-0.2, 0) is 4.79 Å². The van der Waals surface area contributed by atoms with Crippen LogP contribution in [-0.4, -0.2) is 10.9 Å². The molecule has 0 heterocycles. The maximum Gasteiger partial charge on any atom is 0.232 e. The number of aliphatic hydroxyl groups excluding tert-OH is 1. The highest BCUT2D eigenvalue weighted by atomic mass is 16.3. The van der Waals surface area contributed by atoms with Crippen molar-refractivity contribution in [3.8, 4) is 0 Å². The number of carbonyl (C=O) groups is 1. The van der Waals surface area contributed by atoms with E-state index in [4.69, 9.17) is 0 Å². The molecule has 0 amide bonds. The Kier molecular flexibility index (Phi) is 4.48. The molecule has 2 aromatic rings. The number of hydrogen-bond donors (Lipinski definition) is 1. The molecule has 1 aliphatic rings. The first-order valence-electron chi connectivity index (χ1n) is 8.44. The van der Waals surface area contributed by atoms with Gasteiger partial charge in [0, 0.05) is 11.5 Å². The molecule has 2 heteroatoms. The number of hydrogen-bond acceptors (Lipinski definition) is 2. The molecule has 0 aliphatic heterocycles. The fourth-order valence-corrected chi connectivity index (χ4v) is 3.01. The van der Waals surface area contributed by atoms with Gasteiger partial charge in [0.15, 0.2) is 5.76 Å². The third kappa shape index (κ3) is 3.50. The summed E-state index contributed by atoms with van der Waals surface area (Å²) in [6.45, 7) is 6.18. The molecule has 1 aliphatic carbocycles. The van der Waals surface area contributed by atoms with E-state index in [0.29, 0.717) is 11.1 Å². The average molecular weight is 330 g/mol. The van der Waals surface area contributed by atoms with Crippen molar-refractivity contribution in [3.05, 3.63) is 94.9 Å². The molecule has 0 radical (unpaired) electrons. The molecule has 25 heavy (non-hydrogen) atoms. The van der Waals surface area contributed by atoms with Crippen LogP contribution in [0.1, 0.15) is 37.8 Å². The van der Waals surface area contributed by atoms with E-state index in [0.717, 1.165) is 11.1 Å². The minimum atomic E-state index is -0.340. The van der Waals surface area contributed by atoms with E-state index in [9.17, 15) is 9.90 Å². The summed E-state index contributed by atoms with van der Waals surface area (Å²) >= 11 is 0. The second kappa shape index (κ2) is 6.58. The number of aliphatic hydroxyl groups is 1. The van der Waals surface area contributed by atoms with Gasteiger partial charge < -0.3 is 5.11 Å². The maximum atomic E-state index is 12.8. The highest BCUT2D eigenvalue weighted by Gasteiger charge is 2.39. The first-order chi connectivity index (χ1) is 11.9. The maximum absolute atomic E-state index is 12.8. The van der Waals surface area contributed by atoms with E-state index in [1.165, 1.54) is 0 Å². The summed E-state index contributed by atoms with van der Waals surface area (Å²) in [7, 11) is 0. The third-order valence-electron chi connectivity index (χ3n) is 4.17. The molecule has 1 N–H and O–H groups in total. The van der Waals surface area contributed by atoms with Gasteiger partial charge in [-0.25, -0.2) is 0 Å². The Morgan fingerprint density at radius 2 is 1.52 bits per heavy atom. The number of carbonyl (C=O) groups excluding carboxylic acids is 1. The lowest BCUT2D eigenvalue weighted by atomic mass is 9.85. The Labute approximate surface area is 148 Å². The smallest absolute Gasteiger partial charge is 0.232 e. The molecule has 2 nitrogen and oxygen atoms in total. The Hall–Kier alpha value is -2.83. The molecule has 2 aromatic carbocycles. The van der Waals surface area contributed by atoms with Gasteiger partial charge in [0.25, 0.3) is 0 Å². The van der Waals surface area contributed by atoms with Crippen LogP contribution < -0.4 is 0 Å². The molecule has 0 aromatic heterocycles. The van der Waals surface area contributed by atoms with Gasteiger partial charge in [0.2, 0.25) is 5.78 Å². The van der Waals surface area contributed by atoms with Gasteiger partial charge in [-0.2, -0.15) is 0 Å². The van der Waals surface area contributed by atoms with Gasteiger partial charge in [-0.3, -0.25) is 4.79 Å². The molecule has 0 bridgehead atoms. The lowest BCUT2D eigenvalue weighted by Gasteiger charge is -2.16. The predicted molar refractivity (Wildman–Crippen MR) is 101 cm³/mol. The quantitative estimate of drug-likeness (QED) is 0.587. The van der Waals surface area contributed by atoms with Crippen molar-refractivity contribution < 1.29 is 9.90 Å². The topological polar surface area (TPSA) is 37.3 Å². The van der Waals surface area contributed by atoms with Crippen molar-refractivity contribution in [2.45, 2.75) is 26.7 Å². The summed E-state index contributed by atoms with van der Waals surface area (Å²) in [6, 6.07) is 19.4. The lowest BCUT2D eigenvalue weighted by Crippen LogP contribution is -2.05. The van der Waals surface area contributed by atoms with E-state index < -0.39 is 0 Å². The standard InChI is InChI=1S/C23H22O2/c1-23(2,3)15-14-18-19(16-10-6-4-7-11-16)20(22(25)21(18)24)17-12-8-5-9-13-17/h4-13,15,19,25H,1-3H3. The van der Waals surface area contributed by atoms with E-state index in [1.807, 2.05) is 66.7 Å². The van der Waals surface area contributed by atoms with Crippen LogP contribution in [0.2, 0.25) is 0 Å². The van der Waals surface area contributed by atoms with Gasteiger partial charge in [0.05, 0.1) is 5.57 Å². The van der Waals surface area contributed by atoms with E-state index in [1.54, 1.807) is 0 Å². The molecular formula is C23H22O2. The average Bonchev–Trinajstić information content (AvgIpc) is 2.85. The SMILES string of the molecule is CC(C)(C)C=C=C1C(=O)C(O)=C(c2ccccc2)C1c1ccccc1. The van der Waals surface area contributed by atoms with Crippen LogP contribution in [0.25, 0.3) is 5.57 Å². The van der Waals surface area contributed by atoms with Crippen molar-refractivity contribution in [3.63, 3.8) is 0 Å². The van der Waals surface area contributed by atoms with Crippen molar-refractivity contribution in [2.75, 3.05) is 0 Å². The van der Waals surface area contributed by atoms with Crippen LogP contribution in [0.3, 0.4) is 0 Å². The molecule has 126 valence electrons. The number of benzene rings is 2. The van der Waals surface area contributed by atoms with Gasteiger partial charge in [-0.1, -0.05) is 81.4 Å². The molecule has 1 unspecified atom stereocenters. The molecular weight excluding hydrogens is 308 g/mol. The van der Waals surface area contributed by atoms with Gasteiger partial charge in [-0.15, -0.1) is 5.73 Å². The van der Waals surface area contributed by atoms with Gasteiger partial charge in [-0.05, 0) is 22.6 Å². The van der Waals surface area contributed by atoms with Gasteiger partial charge >= 0.3 is 0 Å². The fraction of sp³-hybridized carbons (Fsp3) is 0.217. The number of ketones is 1. The van der Waals surface area contributed by atoms with Crippen LogP contribution in [0, 0.1) is 5.41 Å². The van der Waals surface area contributed by atoms with Crippen molar-refractivity contribution >= 4 is 11.4 Å². The Balaban J connectivity index is 2.23.